The molecule has 3 N–H and O–H groups in total. The second kappa shape index (κ2) is 12.5. The highest BCUT2D eigenvalue weighted by molar-refractivity contribution is 5.07. The van der Waals surface area contributed by atoms with Crippen LogP contribution < -0.4 is 11.1 Å². The molecule has 1 unspecified atom stereocenters. The zero-order valence-electron chi connectivity index (χ0n) is 10.9. The normalized spacial score (nSPS) is 21.8. The van der Waals surface area contributed by atoms with Crippen LogP contribution in [0.25, 0.3) is 0 Å². The number of allylic oxidation sites excluding steroid dienone is 4. The van der Waals surface area contributed by atoms with Gasteiger partial charge in [-0.15, -0.1) is 0 Å². The topological polar surface area (TPSA) is 38.0 Å². The van der Waals surface area contributed by atoms with Gasteiger partial charge < -0.3 is 11.1 Å². The quantitative estimate of drug-likeness (QED) is 0.756. The summed E-state index contributed by atoms with van der Waals surface area (Å²) in [5, 5.41) is 3.38. The molecular formula is C14H28N2. The van der Waals surface area contributed by atoms with E-state index in [2.05, 4.69) is 29.6 Å². The maximum Gasteiger partial charge on any atom is 0.00795 e. The van der Waals surface area contributed by atoms with Crippen molar-refractivity contribution in [1.82, 2.24) is 5.32 Å². The number of nitrogens with two attached hydrogens (primary N) is 1. The van der Waals surface area contributed by atoms with Crippen LogP contribution in [0.5, 0.6) is 0 Å². The van der Waals surface area contributed by atoms with Crippen molar-refractivity contribution in [2.45, 2.75) is 52.0 Å². The van der Waals surface area contributed by atoms with Gasteiger partial charge in [-0.05, 0) is 45.2 Å². The van der Waals surface area contributed by atoms with Crippen molar-refractivity contribution in [1.29, 1.82) is 0 Å². The molecule has 1 saturated heterocycles. The van der Waals surface area contributed by atoms with Crippen LogP contribution in [-0.2, 0) is 0 Å². The van der Waals surface area contributed by atoms with E-state index in [-0.39, 0.29) is 0 Å². The smallest absolute Gasteiger partial charge is 0.00795 e. The molecule has 1 atom stereocenters. The van der Waals surface area contributed by atoms with E-state index in [4.69, 9.17) is 5.73 Å². The van der Waals surface area contributed by atoms with Crippen molar-refractivity contribution >= 4 is 0 Å². The van der Waals surface area contributed by atoms with E-state index in [1.165, 1.54) is 32.2 Å². The van der Waals surface area contributed by atoms with Crippen LogP contribution in [0.2, 0.25) is 0 Å². The lowest BCUT2D eigenvalue weighted by atomic mass is 10.2. The van der Waals surface area contributed by atoms with Crippen LogP contribution >= 0.6 is 0 Å². The van der Waals surface area contributed by atoms with Crippen molar-refractivity contribution in [3.8, 4) is 0 Å². The monoisotopic (exact) mass is 224 g/mol. The molecule has 1 aliphatic heterocycles. The molecule has 2 nitrogen and oxygen atoms in total. The fourth-order valence-electron chi connectivity index (χ4n) is 1.75. The summed E-state index contributed by atoms with van der Waals surface area (Å²) in [6.07, 6.45) is 14.8. The van der Waals surface area contributed by atoms with E-state index in [9.17, 15) is 0 Å². The van der Waals surface area contributed by atoms with Gasteiger partial charge in [-0.3, -0.25) is 0 Å². The molecule has 1 aliphatic carbocycles. The highest BCUT2D eigenvalue weighted by atomic mass is 14.9. The van der Waals surface area contributed by atoms with Crippen LogP contribution in [0.4, 0.5) is 0 Å². The molecule has 0 amide bonds. The third-order valence-corrected chi connectivity index (χ3v) is 2.56. The number of nitrogens with one attached hydrogen (secondary N) is 1. The molecule has 0 aromatic heterocycles. The predicted molar refractivity (Wildman–Crippen MR) is 73.6 cm³/mol. The average molecular weight is 224 g/mol. The summed E-state index contributed by atoms with van der Waals surface area (Å²) in [4.78, 5) is 0. The molecule has 0 aromatic carbocycles. The van der Waals surface area contributed by atoms with E-state index in [0.717, 1.165) is 19.0 Å². The van der Waals surface area contributed by atoms with Crippen molar-refractivity contribution in [3.05, 3.63) is 24.3 Å². The Morgan fingerprint density at radius 1 is 1.19 bits per heavy atom. The van der Waals surface area contributed by atoms with Gasteiger partial charge in [-0.1, -0.05) is 38.2 Å². The summed E-state index contributed by atoms with van der Waals surface area (Å²) in [5.74, 6) is 0. The predicted octanol–water partition coefficient (Wildman–Crippen LogP) is 3.01. The zero-order chi connectivity index (χ0) is 12.1. The van der Waals surface area contributed by atoms with E-state index < -0.39 is 0 Å². The molecule has 0 spiro atoms. The van der Waals surface area contributed by atoms with Gasteiger partial charge in [0.15, 0.2) is 0 Å². The Labute approximate surface area is 101 Å². The first-order valence-corrected chi connectivity index (χ1v) is 6.68. The third kappa shape index (κ3) is 8.69. The van der Waals surface area contributed by atoms with Crippen molar-refractivity contribution in [2.75, 3.05) is 13.1 Å². The minimum Gasteiger partial charge on any atom is -0.330 e. The zero-order valence-corrected chi connectivity index (χ0v) is 10.9. The molecule has 16 heavy (non-hydrogen) atoms. The van der Waals surface area contributed by atoms with E-state index in [0.29, 0.717) is 0 Å². The highest BCUT2D eigenvalue weighted by Gasteiger charge is 2.11. The van der Waals surface area contributed by atoms with Crippen LogP contribution in [0.1, 0.15) is 46.0 Å². The van der Waals surface area contributed by atoms with Crippen LogP contribution in [-0.4, -0.2) is 19.1 Å². The summed E-state index contributed by atoms with van der Waals surface area (Å²) in [7, 11) is 0. The third-order valence-electron chi connectivity index (χ3n) is 2.56. The van der Waals surface area contributed by atoms with Crippen molar-refractivity contribution in [2.24, 2.45) is 5.73 Å². The Balaban J connectivity index is 0.000000251. The van der Waals surface area contributed by atoms with Crippen LogP contribution in [0.3, 0.4) is 0 Å². The first-order valence-electron chi connectivity index (χ1n) is 6.68. The lowest BCUT2D eigenvalue weighted by Gasteiger charge is -2.05. The number of hydrogen-bond donors (Lipinski definition) is 2. The lowest BCUT2D eigenvalue weighted by molar-refractivity contribution is 0.566. The lowest BCUT2D eigenvalue weighted by Crippen LogP contribution is -2.24. The summed E-state index contributed by atoms with van der Waals surface area (Å²) >= 11 is 0. The van der Waals surface area contributed by atoms with Gasteiger partial charge in [0.25, 0.3) is 0 Å². The molecule has 0 saturated carbocycles. The molecule has 2 heteroatoms. The fourth-order valence-corrected chi connectivity index (χ4v) is 1.75. The number of hydrogen-bond acceptors (Lipinski definition) is 2. The second-order valence-electron chi connectivity index (χ2n) is 3.80. The van der Waals surface area contributed by atoms with Crippen LogP contribution in [0.15, 0.2) is 24.3 Å². The Kier molecular flexibility index (Phi) is 12.0. The molecule has 94 valence electrons. The maximum atomic E-state index is 5.37. The van der Waals surface area contributed by atoms with Crippen LogP contribution in [0, 0.1) is 0 Å². The summed E-state index contributed by atoms with van der Waals surface area (Å²) < 4.78 is 0. The standard InChI is InChI=1S/C6H14N2.C6H8.C2H6/c7-4-3-6-2-1-5-8-6;1-2-4-6-5-3-1;1-2/h6,8H,1-5,7H2;1-4H,5-6H2;1-2H3. The van der Waals surface area contributed by atoms with E-state index >= 15 is 0 Å². The van der Waals surface area contributed by atoms with Crippen molar-refractivity contribution < 1.29 is 0 Å². The average Bonchev–Trinajstić information content (AvgIpc) is 2.88. The van der Waals surface area contributed by atoms with E-state index in [1.54, 1.807) is 0 Å². The Morgan fingerprint density at radius 2 is 1.81 bits per heavy atom. The van der Waals surface area contributed by atoms with Gasteiger partial charge in [0.2, 0.25) is 0 Å². The highest BCUT2D eigenvalue weighted by Crippen LogP contribution is 2.06. The number of rotatable bonds is 2. The summed E-state index contributed by atoms with van der Waals surface area (Å²) in [5.41, 5.74) is 5.37. The molecule has 0 aromatic rings. The van der Waals surface area contributed by atoms with Gasteiger partial charge in [-0.2, -0.15) is 0 Å². The first-order chi connectivity index (χ1) is 7.93. The Morgan fingerprint density at radius 3 is 2.12 bits per heavy atom. The Bertz CT molecular complexity index is 167. The minimum atomic E-state index is 0.736. The fraction of sp³-hybridized carbons (Fsp3) is 0.714. The second-order valence-corrected chi connectivity index (χ2v) is 3.80. The first kappa shape index (κ1) is 15.4. The maximum absolute atomic E-state index is 5.37. The molecular weight excluding hydrogens is 196 g/mol. The SMILES string of the molecule is C1=CCCC=C1.CC.NCCC1CCCN1. The minimum absolute atomic E-state index is 0.736. The van der Waals surface area contributed by atoms with Crippen molar-refractivity contribution in [3.63, 3.8) is 0 Å². The molecule has 2 aliphatic rings. The molecule has 1 heterocycles. The van der Waals surface area contributed by atoms with Gasteiger partial charge >= 0.3 is 0 Å². The molecule has 0 radical (unpaired) electrons. The van der Waals surface area contributed by atoms with Gasteiger partial charge in [0, 0.05) is 6.04 Å². The van der Waals surface area contributed by atoms with E-state index in [1.807, 2.05) is 13.8 Å². The van der Waals surface area contributed by atoms with Gasteiger partial charge in [0.05, 0.1) is 0 Å². The van der Waals surface area contributed by atoms with Gasteiger partial charge in [0.1, 0.15) is 0 Å². The Hall–Kier alpha value is -0.600. The molecule has 1 fully saturated rings. The largest absolute Gasteiger partial charge is 0.330 e. The summed E-state index contributed by atoms with van der Waals surface area (Å²) in [6.45, 7) is 6.03. The van der Waals surface area contributed by atoms with Gasteiger partial charge in [-0.25, -0.2) is 0 Å². The molecule has 2 rings (SSSR count). The molecule has 0 bridgehead atoms. The summed E-state index contributed by atoms with van der Waals surface area (Å²) in [6, 6.07) is 0.736.